The fraction of sp³-hybridized carbons (Fsp3) is 0.308. The number of hydrogen-bond acceptors (Lipinski definition) is 2. The molecule has 4 heteroatoms. The Kier molecular flexibility index (Phi) is 3.82. The van der Waals surface area contributed by atoms with Crippen molar-refractivity contribution >= 4 is 17.5 Å². The van der Waals surface area contributed by atoms with Gasteiger partial charge in [0.1, 0.15) is 0 Å². The number of nitrogens with two attached hydrogens (primary N) is 1. The Labute approximate surface area is 106 Å². The topological polar surface area (TPSA) is 55.1 Å². The molecule has 0 saturated carbocycles. The summed E-state index contributed by atoms with van der Waals surface area (Å²) in [4.78, 5) is 11.8. The van der Waals surface area contributed by atoms with E-state index in [4.69, 9.17) is 17.3 Å². The van der Waals surface area contributed by atoms with E-state index in [1.807, 2.05) is 36.4 Å². The van der Waals surface area contributed by atoms with E-state index >= 15 is 0 Å². The SMILES string of the molecule is NC1C=CC(C(=O)NCc2cccc(Cl)c2)C1. The molecule has 0 radical (unpaired) electrons. The van der Waals surface area contributed by atoms with Gasteiger partial charge in [0.05, 0.1) is 5.92 Å². The number of benzene rings is 1. The molecule has 2 unspecified atom stereocenters. The first-order valence-electron chi connectivity index (χ1n) is 5.61. The van der Waals surface area contributed by atoms with Crippen LogP contribution in [0.1, 0.15) is 12.0 Å². The number of halogens is 1. The van der Waals surface area contributed by atoms with E-state index in [0.29, 0.717) is 18.0 Å². The minimum atomic E-state index is -0.0933. The summed E-state index contributed by atoms with van der Waals surface area (Å²) in [5.41, 5.74) is 6.70. The van der Waals surface area contributed by atoms with Gasteiger partial charge in [0.25, 0.3) is 0 Å². The number of rotatable bonds is 3. The lowest BCUT2D eigenvalue weighted by Crippen LogP contribution is -2.30. The van der Waals surface area contributed by atoms with Gasteiger partial charge in [-0.1, -0.05) is 35.9 Å². The summed E-state index contributed by atoms with van der Waals surface area (Å²) in [6.07, 6.45) is 4.45. The summed E-state index contributed by atoms with van der Waals surface area (Å²) in [5.74, 6) is -0.0710. The standard InChI is InChI=1S/C13H15ClN2O/c14-11-3-1-2-9(6-11)8-16-13(17)10-4-5-12(15)7-10/h1-6,10,12H,7-8,15H2,(H,16,17). The lowest BCUT2D eigenvalue weighted by atomic mass is 10.1. The molecule has 3 N–H and O–H groups in total. The van der Waals surface area contributed by atoms with Gasteiger partial charge in [0.2, 0.25) is 5.91 Å². The van der Waals surface area contributed by atoms with E-state index in [1.54, 1.807) is 0 Å². The van der Waals surface area contributed by atoms with E-state index in [9.17, 15) is 4.79 Å². The monoisotopic (exact) mass is 250 g/mol. The minimum Gasteiger partial charge on any atom is -0.352 e. The minimum absolute atomic E-state index is 0.0110. The highest BCUT2D eigenvalue weighted by molar-refractivity contribution is 6.30. The lowest BCUT2D eigenvalue weighted by molar-refractivity contribution is -0.123. The van der Waals surface area contributed by atoms with E-state index in [1.165, 1.54) is 0 Å². The van der Waals surface area contributed by atoms with Gasteiger partial charge in [-0.3, -0.25) is 4.79 Å². The molecule has 0 spiro atoms. The molecule has 0 aromatic heterocycles. The second-order valence-corrected chi connectivity index (χ2v) is 4.68. The van der Waals surface area contributed by atoms with Crippen molar-refractivity contribution in [3.05, 3.63) is 47.0 Å². The lowest BCUT2D eigenvalue weighted by Gasteiger charge is -2.10. The van der Waals surface area contributed by atoms with Crippen LogP contribution in [-0.4, -0.2) is 11.9 Å². The number of carbonyl (C=O) groups excluding carboxylic acids is 1. The molecular formula is C13H15ClN2O. The van der Waals surface area contributed by atoms with Crippen LogP contribution < -0.4 is 11.1 Å². The normalized spacial score (nSPS) is 22.7. The van der Waals surface area contributed by atoms with E-state index in [0.717, 1.165) is 5.56 Å². The molecule has 90 valence electrons. The molecule has 1 aromatic carbocycles. The van der Waals surface area contributed by atoms with Crippen molar-refractivity contribution in [1.82, 2.24) is 5.32 Å². The van der Waals surface area contributed by atoms with Gasteiger partial charge in [-0.2, -0.15) is 0 Å². The van der Waals surface area contributed by atoms with Crippen LogP contribution in [-0.2, 0) is 11.3 Å². The van der Waals surface area contributed by atoms with Crippen LogP contribution in [0.3, 0.4) is 0 Å². The quantitative estimate of drug-likeness (QED) is 0.805. The van der Waals surface area contributed by atoms with Crippen LogP contribution in [0, 0.1) is 5.92 Å². The van der Waals surface area contributed by atoms with Gasteiger partial charge in [-0.25, -0.2) is 0 Å². The molecule has 0 saturated heterocycles. The third kappa shape index (κ3) is 3.32. The number of hydrogen-bond donors (Lipinski definition) is 2. The van der Waals surface area contributed by atoms with Gasteiger partial charge < -0.3 is 11.1 Å². The predicted octanol–water partition coefficient (Wildman–Crippen LogP) is 1.86. The van der Waals surface area contributed by atoms with E-state index in [-0.39, 0.29) is 17.9 Å². The number of carbonyl (C=O) groups is 1. The molecule has 1 amide bonds. The average molecular weight is 251 g/mol. The van der Waals surface area contributed by atoms with Crippen LogP contribution in [0.4, 0.5) is 0 Å². The predicted molar refractivity (Wildman–Crippen MR) is 68.5 cm³/mol. The number of amides is 1. The zero-order chi connectivity index (χ0) is 12.3. The summed E-state index contributed by atoms with van der Waals surface area (Å²) in [5, 5.41) is 3.56. The first-order valence-corrected chi connectivity index (χ1v) is 5.99. The molecule has 0 heterocycles. The van der Waals surface area contributed by atoms with Gasteiger partial charge in [0, 0.05) is 17.6 Å². The summed E-state index contributed by atoms with van der Waals surface area (Å²) in [6.45, 7) is 0.499. The second-order valence-electron chi connectivity index (χ2n) is 4.24. The maximum absolute atomic E-state index is 11.8. The molecule has 0 aliphatic heterocycles. The molecule has 0 bridgehead atoms. The molecule has 0 fully saturated rings. The van der Waals surface area contributed by atoms with E-state index < -0.39 is 0 Å². The van der Waals surface area contributed by atoms with Crippen LogP contribution in [0.25, 0.3) is 0 Å². The zero-order valence-electron chi connectivity index (χ0n) is 9.40. The fourth-order valence-corrected chi connectivity index (χ4v) is 2.10. The highest BCUT2D eigenvalue weighted by atomic mass is 35.5. The Bertz CT molecular complexity index is 445. The summed E-state index contributed by atoms with van der Waals surface area (Å²) < 4.78 is 0. The maximum Gasteiger partial charge on any atom is 0.227 e. The van der Waals surface area contributed by atoms with Crippen molar-refractivity contribution in [2.24, 2.45) is 11.7 Å². The van der Waals surface area contributed by atoms with Gasteiger partial charge in [-0.15, -0.1) is 0 Å². The summed E-state index contributed by atoms with van der Waals surface area (Å²) in [6, 6.07) is 7.47. The largest absolute Gasteiger partial charge is 0.352 e. The van der Waals surface area contributed by atoms with Crippen molar-refractivity contribution in [3.63, 3.8) is 0 Å². The van der Waals surface area contributed by atoms with Crippen molar-refractivity contribution in [1.29, 1.82) is 0 Å². The molecule has 2 atom stereocenters. The highest BCUT2D eigenvalue weighted by Crippen LogP contribution is 2.16. The molecule has 2 rings (SSSR count). The Morgan fingerprint density at radius 1 is 1.47 bits per heavy atom. The Hall–Kier alpha value is -1.32. The van der Waals surface area contributed by atoms with Gasteiger partial charge >= 0.3 is 0 Å². The Morgan fingerprint density at radius 2 is 2.29 bits per heavy atom. The van der Waals surface area contributed by atoms with E-state index in [2.05, 4.69) is 5.32 Å². The molecule has 3 nitrogen and oxygen atoms in total. The van der Waals surface area contributed by atoms with Crippen molar-refractivity contribution in [2.45, 2.75) is 19.0 Å². The molecular weight excluding hydrogens is 236 g/mol. The molecule has 1 aromatic rings. The molecule has 1 aliphatic carbocycles. The maximum atomic E-state index is 11.8. The molecule has 1 aliphatic rings. The van der Waals surface area contributed by atoms with Crippen LogP contribution in [0.15, 0.2) is 36.4 Å². The number of nitrogens with one attached hydrogen (secondary N) is 1. The smallest absolute Gasteiger partial charge is 0.227 e. The van der Waals surface area contributed by atoms with Gasteiger partial charge in [0.15, 0.2) is 0 Å². The average Bonchev–Trinajstić information content (AvgIpc) is 2.73. The fourth-order valence-electron chi connectivity index (χ4n) is 1.89. The zero-order valence-corrected chi connectivity index (χ0v) is 10.2. The van der Waals surface area contributed by atoms with Crippen molar-refractivity contribution in [3.8, 4) is 0 Å². The Balaban J connectivity index is 1.86. The molecule has 17 heavy (non-hydrogen) atoms. The third-order valence-electron chi connectivity index (χ3n) is 2.81. The van der Waals surface area contributed by atoms with Gasteiger partial charge in [-0.05, 0) is 24.1 Å². The summed E-state index contributed by atoms with van der Waals surface area (Å²) >= 11 is 5.87. The van der Waals surface area contributed by atoms with Crippen molar-refractivity contribution < 1.29 is 4.79 Å². The Morgan fingerprint density at radius 3 is 2.94 bits per heavy atom. The first-order chi connectivity index (χ1) is 8.15. The van der Waals surface area contributed by atoms with Crippen molar-refractivity contribution in [2.75, 3.05) is 0 Å². The summed E-state index contributed by atoms with van der Waals surface area (Å²) in [7, 11) is 0. The van der Waals surface area contributed by atoms with Crippen LogP contribution >= 0.6 is 11.6 Å². The van der Waals surface area contributed by atoms with Crippen LogP contribution in [0.5, 0.6) is 0 Å². The second kappa shape index (κ2) is 5.34. The third-order valence-corrected chi connectivity index (χ3v) is 3.04. The first kappa shape index (κ1) is 12.1. The van der Waals surface area contributed by atoms with Crippen LogP contribution in [0.2, 0.25) is 5.02 Å². The highest BCUT2D eigenvalue weighted by Gasteiger charge is 2.22.